The van der Waals surface area contributed by atoms with Gasteiger partial charge in [0, 0.05) is 5.69 Å². The maximum absolute atomic E-state index is 12.0. The van der Waals surface area contributed by atoms with Crippen LogP contribution in [0.3, 0.4) is 0 Å². The summed E-state index contributed by atoms with van der Waals surface area (Å²) in [6, 6.07) is 2.77. The number of nitrogens with two attached hydrogens (primary N) is 1. The number of carbonyl (C=O) groups excluding carboxylic acids is 1. The molecular formula is C10H9F3N2O4. The first-order valence-corrected chi connectivity index (χ1v) is 4.84. The van der Waals surface area contributed by atoms with Crippen molar-refractivity contribution in [3.63, 3.8) is 0 Å². The summed E-state index contributed by atoms with van der Waals surface area (Å²) in [7, 11) is 0. The molecule has 0 heterocycles. The molecule has 0 saturated heterocycles. The van der Waals surface area contributed by atoms with Crippen LogP contribution in [0.1, 0.15) is 10.4 Å². The predicted octanol–water partition coefficient (Wildman–Crippen LogP) is 0.982. The maximum Gasteiger partial charge on any atom is 0.573 e. The van der Waals surface area contributed by atoms with Gasteiger partial charge in [0.15, 0.2) is 0 Å². The quantitative estimate of drug-likeness (QED) is 0.713. The van der Waals surface area contributed by atoms with E-state index >= 15 is 0 Å². The van der Waals surface area contributed by atoms with Crippen LogP contribution in [0.25, 0.3) is 0 Å². The van der Waals surface area contributed by atoms with Crippen molar-refractivity contribution < 1.29 is 32.6 Å². The smallest absolute Gasteiger partial charge is 0.480 e. The van der Waals surface area contributed by atoms with Crippen LogP contribution >= 0.6 is 0 Å². The number of alkyl halides is 3. The standard InChI is InChI=1S/C10H9F3N2O4/c11-10(12,13)19-5-1-2-7(14)6(3-5)9(18)15-4-8(16)17/h1-3H,4,14H2,(H,15,18)(H,16,17). The van der Waals surface area contributed by atoms with Gasteiger partial charge in [-0.25, -0.2) is 0 Å². The van der Waals surface area contributed by atoms with Gasteiger partial charge in [-0.1, -0.05) is 0 Å². The van der Waals surface area contributed by atoms with Gasteiger partial charge in [-0.05, 0) is 18.2 Å². The van der Waals surface area contributed by atoms with Gasteiger partial charge >= 0.3 is 12.3 Å². The van der Waals surface area contributed by atoms with Crippen LogP contribution in [0.5, 0.6) is 5.75 Å². The van der Waals surface area contributed by atoms with E-state index in [1.807, 2.05) is 5.32 Å². The number of carboxylic acid groups (broad SMARTS) is 1. The molecule has 0 fully saturated rings. The zero-order valence-electron chi connectivity index (χ0n) is 9.32. The van der Waals surface area contributed by atoms with E-state index in [-0.39, 0.29) is 11.3 Å². The third-order valence-corrected chi connectivity index (χ3v) is 1.90. The number of ether oxygens (including phenoxy) is 1. The van der Waals surface area contributed by atoms with Gasteiger partial charge in [-0.15, -0.1) is 13.2 Å². The summed E-state index contributed by atoms with van der Waals surface area (Å²) >= 11 is 0. The Kier molecular flexibility index (Phi) is 4.20. The molecule has 1 amide bonds. The summed E-state index contributed by atoms with van der Waals surface area (Å²) < 4.78 is 39.6. The molecule has 6 nitrogen and oxygen atoms in total. The number of aliphatic carboxylic acids is 1. The van der Waals surface area contributed by atoms with Crippen molar-refractivity contribution in [2.75, 3.05) is 12.3 Å². The predicted molar refractivity (Wildman–Crippen MR) is 57.5 cm³/mol. The molecule has 1 rings (SSSR count). The van der Waals surface area contributed by atoms with Gasteiger partial charge in [0.05, 0.1) is 5.56 Å². The van der Waals surface area contributed by atoms with Crippen molar-refractivity contribution in [3.05, 3.63) is 23.8 Å². The van der Waals surface area contributed by atoms with Crippen molar-refractivity contribution >= 4 is 17.6 Å². The fourth-order valence-corrected chi connectivity index (χ4v) is 1.18. The molecule has 4 N–H and O–H groups in total. The molecule has 9 heteroatoms. The van der Waals surface area contributed by atoms with Gasteiger partial charge in [-0.3, -0.25) is 9.59 Å². The van der Waals surface area contributed by atoms with Crippen molar-refractivity contribution in [1.29, 1.82) is 0 Å². The average Bonchev–Trinajstić information content (AvgIpc) is 2.26. The molecule has 0 aliphatic carbocycles. The molecule has 0 unspecified atom stereocenters. The third kappa shape index (κ3) is 4.74. The highest BCUT2D eigenvalue weighted by molar-refractivity contribution is 6.00. The lowest BCUT2D eigenvalue weighted by Crippen LogP contribution is -2.30. The van der Waals surface area contributed by atoms with Crippen molar-refractivity contribution in [2.45, 2.75) is 6.36 Å². The lowest BCUT2D eigenvalue weighted by molar-refractivity contribution is -0.274. The molecule has 1 aromatic rings. The van der Waals surface area contributed by atoms with E-state index in [1.165, 1.54) is 0 Å². The molecule has 19 heavy (non-hydrogen) atoms. The van der Waals surface area contributed by atoms with Crippen LogP contribution in [-0.2, 0) is 4.79 Å². The van der Waals surface area contributed by atoms with E-state index in [4.69, 9.17) is 10.8 Å². The Morgan fingerprint density at radius 3 is 2.53 bits per heavy atom. The van der Waals surface area contributed by atoms with Crippen LogP contribution in [0.4, 0.5) is 18.9 Å². The molecular weight excluding hydrogens is 269 g/mol. The number of benzene rings is 1. The number of nitrogen functional groups attached to an aromatic ring is 1. The molecule has 0 aliphatic heterocycles. The maximum atomic E-state index is 12.0. The van der Waals surface area contributed by atoms with Crippen LogP contribution in [0, 0.1) is 0 Å². The number of rotatable bonds is 4. The minimum atomic E-state index is -4.90. The zero-order valence-corrected chi connectivity index (χ0v) is 9.32. The van der Waals surface area contributed by atoms with Crippen molar-refractivity contribution in [3.8, 4) is 5.75 Å². The largest absolute Gasteiger partial charge is 0.573 e. The summed E-state index contributed by atoms with van der Waals surface area (Å²) in [4.78, 5) is 21.8. The summed E-state index contributed by atoms with van der Waals surface area (Å²) in [5.74, 6) is -2.83. The Bertz CT molecular complexity index is 502. The fourth-order valence-electron chi connectivity index (χ4n) is 1.18. The number of carboxylic acids is 1. The molecule has 0 aromatic heterocycles. The highest BCUT2D eigenvalue weighted by Crippen LogP contribution is 2.25. The van der Waals surface area contributed by atoms with Gasteiger partial charge in [-0.2, -0.15) is 0 Å². The lowest BCUT2D eigenvalue weighted by Gasteiger charge is -2.11. The van der Waals surface area contributed by atoms with E-state index in [0.717, 1.165) is 18.2 Å². The Balaban J connectivity index is 2.91. The second kappa shape index (κ2) is 5.46. The monoisotopic (exact) mass is 278 g/mol. The highest BCUT2D eigenvalue weighted by atomic mass is 19.4. The first-order valence-electron chi connectivity index (χ1n) is 4.84. The Labute approximate surface area is 105 Å². The topological polar surface area (TPSA) is 102 Å². The molecule has 1 aromatic carbocycles. The molecule has 0 saturated carbocycles. The minimum Gasteiger partial charge on any atom is -0.480 e. The first kappa shape index (κ1) is 14.6. The highest BCUT2D eigenvalue weighted by Gasteiger charge is 2.31. The van der Waals surface area contributed by atoms with E-state index < -0.39 is 30.5 Å². The van der Waals surface area contributed by atoms with Crippen LogP contribution in [0.2, 0.25) is 0 Å². The number of amides is 1. The molecule has 0 atom stereocenters. The van der Waals surface area contributed by atoms with E-state index in [2.05, 4.69) is 4.74 Å². The number of carbonyl (C=O) groups is 2. The van der Waals surface area contributed by atoms with E-state index in [9.17, 15) is 22.8 Å². The molecule has 0 aliphatic rings. The second-order valence-electron chi connectivity index (χ2n) is 3.37. The van der Waals surface area contributed by atoms with Gasteiger partial charge in [0.1, 0.15) is 12.3 Å². The summed E-state index contributed by atoms with van der Waals surface area (Å²) in [5.41, 5.74) is 5.01. The van der Waals surface area contributed by atoms with Crippen LogP contribution in [0.15, 0.2) is 18.2 Å². The SMILES string of the molecule is Nc1ccc(OC(F)(F)F)cc1C(=O)NCC(=O)O. The van der Waals surface area contributed by atoms with Crippen LogP contribution in [-0.4, -0.2) is 29.9 Å². The molecule has 0 spiro atoms. The zero-order chi connectivity index (χ0) is 14.6. The normalized spacial score (nSPS) is 10.9. The minimum absolute atomic E-state index is 0.0996. The van der Waals surface area contributed by atoms with Gasteiger partial charge in [0.2, 0.25) is 0 Å². The fraction of sp³-hybridized carbons (Fsp3) is 0.200. The first-order chi connectivity index (χ1) is 8.69. The third-order valence-electron chi connectivity index (χ3n) is 1.90. The van der Waals surface area contributed by atoms with E-state index in [0.29, 0.717) is 0 Å². The average molecular weight is 278 g/mol. The van der Waals surface area contributed by atoms with Crippen LogP contribution < -0.4 is 15.8 Å². The number of hydrogen-bond acceptors (Lipinski definition) is 4. The Morgan fingerprint density at radius 1 is 1.37 bits per heavy atom. The van der Waals surface area contributed by atoms with Gasteiger partial charge in [0.25, 0.3) is 5.91 Å². The van der Waals surface area contributed by atoms with Crippen molar-refractivity contribution in [1.82, 2.24) is 5.32 Å². The molecule has 104 valence electrons. The Hall–Kier alpha value is -2.45. The summed E-state index contributed by atoms with van der Waals surface area (Å²) in [5, 5.41) is 10.3. The lowest BCUT2D eigenvalue weighted by atomic mass is 10.1. The Morgan fingerprint density at radius 2 is 2.00 bits per heavy atom. The number of nitrogens with one attached hydrogen (secondary N) is 1. The number of hydrogen-bond donors (Lipinski definition) is 3. The second-order valence-corrected chi connectivity index (χ2v) is 3.37. The molecule has 0 radical (unpaired) electrons. The summed E-state index contributed by atoms with van der Waals surface area (Å²) in [6.07, 6.45) is -4.90. The van der Waals surface area contributed by atoms with E-state index in [1.54, 1.807) is 0 Å². The summed E-state index contributed by atoms with van der Waals surface area (Å²) in [6.45, 7) is -0.678. The van der Waals surface area contributed by atoms with Gasteiger partial charge < -0.3 is 20.9 Å². The molecule has 0 bridgehead atoms. The number of anilines is 1. The number of halogens is 3. The van der Waals surface area contributed by atoms with Crippen molar-refractivity contribution in [2.24, 2.45) is 0 Å².